The molecule has 0 aromatic heterocycles. The maximum atomic E-state index is 3.47. The van der Waals surface area contributed by atoms with Gasteiger partial charge in [0.25, 0.3) is 0 Å². The fraction of sp³-hybridized carbons (Fsp3) is 0.429. The van der Waals surface area contributed by atoms with Crippen molar-refractivity contribution in [2.24, 2.45) is 0 Å². The quantitative estimate of drug-likeness (QED) is 0.784. The third-order valence-electron chi connectivity index (χ3n) is 3.26. The minimum atomic E-state index is 0.126. The highest BCUT2D eigenvalue weighted by molar-refractivity contribution is 5.65. The first kappa shape index (κ1) is 11.4. The summed E-state index contributed by atoms with van der Waals surface area (Å²) < 4.78 is 0. The molecule has 1 atom stereocenters. The average Bonchev–Trinajstić information content (AvgIpc) is 2.68. The molecule has 86 valence electrons. The zero-order valence-corrected chi connectivity index (χ0v) is 10.1. The molecule has 2 nitrogen and oxygen atoms in total. The lowest BCUT2D eigenvalue weighted by Crippen LogP contribution is -2.42. The molecule has 0 radical (unpaired) electrons. The monoisotopic (exact) mass is 216 g/mol. The van der Waals surface area contributed by atoms with Crippen LogP contribution in [0.4, 0.5) is 0 Å². The number of rotatable bonds is 5. The van der Waals surface area contributed by atoms with E-state index in [-0.39, 0.29) is 5.41 Å². The van der Waals surface area contributed by atoms with Crippen LogP contribution < -0.4 is 10.6 Å². The van der Waals surface area contributed by atoms with Crippen LogP contribution in [0.5, 0.6) is 0 Å². The second-order valence-electron chi connectivity index (χ2n) is 4.39. The second kappa shape index (κ2) is 4.81. The minimum Gasteiger partial charge on any atom is -0.318 e. The van der Waals surface area contributed by atoms with Crippen LogP contribution in [0.2, 0.25) is 0 Å². The van der Waals surface area contributed by atoms with E-state index in [0.29, 0.717) is 0 Å². The van der Waals surface area contributed by atoms with E-state index in [9.17, 15) is 0 Å². The largest absolute Gasteiger partial charge is 0.318 e. The smallest absolute Gasteiger partial charge is 0.0390 e. The van der Waals surface area contributed by atoms with Crippen molar-refractivity contribution in [1.82, 2.24) is 10.6 Å². The van der Waals surface area contributed by atoms with Gasteiger partial charge in [-0.1, -0.05) is 43.3 Å². The molecule has 0 amide bonds. The van der Waals surface area contributed by atoms with E-state index in [0.717, 1.165) is 19.6 Å². The van der Waals surface area contributed by atoms with Gasteiger partial charge in [0.05, 0.1) is 0 Å². The van der Waals surface area contributed by atoms with Crippen LogP contribution in [0.15, 0.2) is 30.3 Å². The summed E-state index contributed by atoms with van der Waals surface area (Å²) in [4.78, 5) is 0. The number of hydrogen-bond donors (Lipinski definition) is 2. The fourth-order valence-corrected chi connectivity index (χ4v) is 2.47. The van der Waals surface area contributed by atoms with E-state index in [4.69, 9.17) is 0 Å². The molecule has 1 unspecified atom stereocenters. The molecule has 16 heavy (non-hydrogen) atoms. The number of hydrogen-bond acceptors (Lipinski definition) is 2. The molecular weight excluding hydrogens is 196 g/mol. The van der Waals surface area contributed by atoms with E-state index in [1.54, 1.807) is 0 Å². The first-order chi connectivity index (χ1) is 7.82. The number of benzene rings is 1. The van der Waals surface area contributed by atoms with Gasteiger partial charge in [0, 0.05) is 18.5 Å². The zero-order valence-electron chi connectivity index (χ0n) is 10.1. The summed E-state index contributed by atoms with van der Waals surface area (Å²) >= 11 is 0. The number of likely N-dealkylation sites (N-methyl/N-ethyl adjacent to an activating group) is 2. The molecule has 0 spiro atoms. The summed E-state index contributed by atoms with van der Waals surface area (Å²) in [5, 5.41) is 6.77. The molecule has 0 saturated heterocycles. The Balaban J connectivity index is 2.31. The highest BCUT2D eigenvalue weighted by atomic mass is 14.9. The SMILES string of the molecule is CCNCC1(CNC)C=Cc2ccccc21. The summed E-state index contributed by atoms with van der Waals surface area (Å²) in [6, 6.07) is 8.66. The standard InChI is InChI=1S/C14H20N2/c1-3-16-11-14(10-15-2)9-8-12-6-4-5-7-13(12)14/h4-9,15-16H,3,10-11H2,1-2H3. The van der Waals surface area contributed by atoms with E-state index in [1.807, 2.05) is 7.05 Å². The Hall–Kier alpha value is -1.12. The van der Waals surface area contributed by atoms with Crippen LogP contribution >= 0.6 is 0 Å². The van der Waals surface area contributed by atoms with Gasteiger partial charge in [-0.3, -0.25) is 0 Å². The maximum absolute atomic E-state index is 3.47. The van der Waals surface area contributed by atoms with Crippen molar-refractivity contribution in [2.45, 2.75) is 12.3 Å². The average molecular weight is 216 g/mol. The van der Waals surface area contributed by atoms with Crippen molar-refractivity contribution < 1.29 is 0 Å². The van der Waals surface area contributed by atoms with Crippen LogP contribution in [-0.2, 0) is 5.41 Å². The molecule has 2 N–H and O–H groups in total. The highest BCUT2D eigenvalue weighted by Crippen LogP contribution is 2.34. The topological polar surface area (TPSA) is 24.1 Å². The lowest BCUT2D eigenvalue weighted by atomic mass is 9.82. The summed E-state index contributed by atoms with van der Waals surface area (Å²) in [6.45, 7) is 5.14. The van der Waals surface area contributed by atoms with Gasteiger partial charge in [-0.05, 0) is 24.7 Å². The van der Waals surface area contributed by atoms with Crippen molar-refractivity contribution in [3.63, 3.8) is 0 Å². The Kier molecular flexibility index (Phi) is 3.42. The van der Waals surface area contributed by atoms with Gasteiger partial charge in [-0.15, -0.1) is 0 Å². The van der Waals surface area contributed by atoms with Crippen LogP contribution in [0.3, 0.4) is 0 Å². The maximum Gasteiger partial charge on any atom is 0.0390 e. The predicted molar refractivity (Wildman–Crippen MR) is 69.6 cm³/mol. The highest BCUT2D eigenvalue weighted by Gasteiger charge is 2.33. The van der Waals surface area contributed by atoms with Gasteiger partial charge in [-0.25, -0.2) is 0 Å². The van der Waals surface area contributed by atoms with Crippen molar-refractivity contribution in [1.29, 1.82) is 0 Å². The van der Waals surface area contributed by atoms with Crippen molar-refractivity contribution in [3.05, 3.63) is 41.5 Å². The third-order valence-corrected chi connectivity index (χ3v) is 3.26. The lowest BCUT2D eigenvalue weighted by Gasteiger charge is -2.29. The lowest BCUT2D eigenvalue weighted by molar-refractivity contribution is 0.471. The number of nitrogens with one attached hydrogen (secondary N) is 2. The minimum absolute atomic E-state index is 0.126. The molecule has 0 heterocycles. The Labute approximate surface area is 97.8 Å². The molecule has 2 rings (SSSR count). The molecular formula is C14H20N2. The van der Waals surface area contributed by atoms with Crippen molar-refractivity contribution >= 4 is 6.08 Å². The fourth-order valence-electron chi connectivity index (χ4n) is 2.47. The molecule has 0 fully saturated rings. The molecule has 1 aliphatic carbocycles. The molecule has 1 aromatic carbocycles. The van der Waals surface area contributed by atoms with E-state index >= 15 is 0 Å². The van der Waals surface area contributed by atoms with Crippen LogP contribution in [0.1, 0.15) is 18.1 Å². The molecule has 2 heteroatoms. The van der Waals surface area contributed by atoms with Crippen molar-refractivity contribution in [2.75, 3.05) is 26.7 Å². The summed E-state index contributed by atoms with van der Waals surface area (Å²) in [7, 11) is 2.02. The van der Waals surface area contributed by atoms with Gasteiger partial charge in [0.1, 0.15) is 0 Å². The van der Waals surface area contributed by atoms with E-state index in [2.05, 4.69) is 54.0 Å². The predicted octanol–water partition coefficient (Wildman–Crippen LogP) is 1.78. The molecule has 0 aliphatic heterocycles. The normalized spacial score (nSPS) is 22.4. The van der Waals surface area contributed by atoms with E-state index < -0.39 is 0 Å². The number of fused-ring (bicyclic) bond motifs is 1. The van der Waals surface area contributed by atoms with Crippen LogP contribution in [0.25, 0.3) is 6.08 Å². The Morgan fingerprint density at radius 2 is 2.00 bits per heavy atom. The van der Waals surface area contributed by atoms with Crippen LogP contribution in [0, 0.1) is 0 Å². The first-order valence-corrected chi connectivity index (χ1v) is 5.96. The van der Waals surface area contributed by atoms with Crippen molar-refractivity contribution in [3.8, 4) is 0 Å². The molecule has 0 bridgehead atoms. The van der Waals surface area contributed by atoms with Gasteiger partial charge in [0.2, 0.25) is 0 Å². The summed E-state index contributed by atoms with van der Waals surface area (Å²) in [6.07, 6.45) is 4.57. The molecule has 0 saturated carbocycles. The molecule has 1 aromatic rings. The van der Waals surface area contributed by atoms with Gasteiger partial charge < -0.3 is 10.6 Å². The Bertz CT molecular complexity index is 384. The van der Waals surface area contributed by atoms with Gasteiger partial charge in [0.15, 0.2) is 0 Å². The third kappa shape index (κ3) is 1.91. The summed E-state index contributed by atoms with van der Waals surface area (Å²) in [5.41, 5.74) is 2.92. The first-order valence-electron chi connectivity index (χ1n) is 5.96. The molecule has 1 aliphatic rings. The van der Waals surface area contributed by atoms with Crippen LogP contribution in [-0.4, -0.2) is 26.7 Å². The zero-order chi connectivity index (χ0) is 11.4. The van der Waals surface area contributed by atoms with Gasteiger partial charge >= 0.3 is 0 Å². The van der Waals surface area contributed by atoms with E-state index in [1.165, 1.54) is 11.1 Å². The Morgan fingerprint density at radius 1 is 1.19 bits per heavy atom. The van der Waals surface area contributed by atoms with Gasteiger partial charge in [-0.2, -0.15) is 0 Å². The second-order valence-corrected chi connectivity index (χ2v) is 4.39. The summed E-state index contributed by atoms with van der Waals surface area (Å²) in [5.74, 6) is 0. The Morgan fingerprint density at radius 3 is 2.75 bits per heavy atom.